The van der Waals surface area contributed by atoms with Crippen LogP contribution >= 0.6 is 0 Å². The molecule has 0 saturated heterocycles. The van der Waals surface area contributed by atoms with E-state index in [1.54, 1.807) is 4.90 Å². The number of nitrogens with zero attached hydrogens (tertiary/aromatic N) is 1. The van der Waals surface area contributed by atoms with Gasteiger partial charge in [0.1, 0.15) is 0 Å². The highest BCUT2D eigenvalue weighted by atomic mass is 16.3. The van der Waals surface area contributed by atoms with E-state index >= 15 is 0 Å². The maximum atomic E-state index is 12.4. The van der Waals surface area contributed by atoms with Crippen LogP contribution in [0.15, 0.2) is 18.2 Å². The molecule has 0 radical (unpaired) electrons. The number of nitrogens with one attached hydrogen (secondary N) is 2. The van der Waals surface area contributed by atoms with Crippen molar-refractivity contribution < 1.29 is 9.90 Å². The van der Waals surface area contributed by atoms with E-state index in [4.69, 9.17) is 5.11 Å². The number of benzene rings is 1. The maximum absolute atomic E-state index is 12.4. The summed E-state index contributed by atoms with van der Waals surface area (Å²) in [5.41, 5.74) is 2.71. The lowest BCUT2D eigenvalue weighted by Crippen LogP contribution is -2.32. The van der Waals surface area contributed by atoms with Crippen LogP contribution in [0.2, 0.25) is 0 Å². The van der Waals surface area contributed by atoms with E-state index in [0.717, 1.165) is 24.5 Å². The maximum Gasteiger partial charge on any atom is 0.253 e. The molecule has 0 aliphatic carbocycles. The van der Waals surface area contributed by atoms with E-state index < -0.39 is 0 Å². The van der Waals surface area contributed by atoms with Crippen LogP contribution in [0, 0.1) is 0 Å². The van der Waals surface area contributed by atoms with Gasteiger partial charge in [-0.1, -0.05) is 0 Å². The Morgan fingerprint density at radius 3 is 2.74 bits per heavy atom. The van der Waals surface area contributed by atoms with Gasteiger partial charge in [0.15, 0.2) is 0 Å². The van der Waals surface area contributed by atoms with Crippen molar-refractivity contribution in [3.63, 3.8) is 0 Å². The molecule has 1 aromatic rings. The smallest absolute Gasteiger partial charge is 0.253 e. The van der Waals surface area contributed by atoms with Crippen molar-refractivity contribution in [1.82, 2.24) is 4.90 Å². The van der Waals surface area contributed by atoms with E-state index in [-0.39, 0.29) is 12.5 Å². The molecule has 5 heteroatoms. The summed E-state index contributed by atoms with van der Waals surface area (Å²) in [7, 11) is 0. The average Bonchev–Trinajstić information content (AvgIpc) is 2.47. The normalized spacial score (nSPS) is 13.2. The van der Waals surface area contributed by atoms with Gasteiger partial charge in [0.25, 0.3) is 5.91 Å². The van der Waals surface area contributed by atoms with Gasteiger partial charge in [-0.2, -0.15) is 0 Å². The summed E-state index contributed by atoms with van der Waals surface area (Å²) >= 11 is 0. The summed E-state index contributed by atoms with van der Waals surface area (Å²) in [6.45, 7) is 5.08. The first-order chi connectivity index (χ1) is 9.26. The lowest BCUT2D eigenvalue weighted by molar-refractivity contribution is 0.0754. The molecule has 19 heavy (non-hydrogen) atoms. The fourth-order valence-corrected chi connectivity index (χ4v) is 2.22. The number of aliphatic hydroxyl groups is 1. The molecule has 1 amide bonds. The van der Waals surface area contributed by atoms with Gasteiger partial charge < -0.3 is 20.6 Å². The molecule has 1 aliphatic heterocycles. The minimum Gasteiger partial charge on any atom is -0.396 e. The molecule has 1 aromatic carbocycles. The van der Waals surface area contributed by atoms with Gasteiger partial charge in [-0.05, 0) is 31.5 Å². The lowest BCUT2D eigenvalue weighted by Gasteiger charge is -2.23. The second kappa shape index (κ2) is 6.43. The van der Waals surface area contributed by atoms with Crippen LogP contribution in [-0.2, 0) is 0 Å². The van der Waals surface area contributed by atoms with Crippen LogP contribution in [0.25, 0.3) is 0 Å². The lowest BCUT2D eigenvalue weighted by atomic mass is 10.1. The Kier molecular flexibility index (Phi) is 4.63. The fourth-order valence-electron chi connectivity index (χ4n) is 2.22. The van der Waals surface area contributed by atoms with Gasteiger partial charge in [-0.15, -0.1) is 0 Å². The van der Waals surface area contributed by atoms with Crippen LogP contribution < -0.4 is 10.6 Å². The first-order valence-electron chi connectivity index (χ1n) is 6.78. The number of anilines is 2. The average molecular weight is 263 g/mol. The quantitative estimate of drug-likeness (QED) is 0.750. The summed E-state index contributed by atoms with van der Waals surface area (Å²) < 4.78 is 0. The highest BCUT2D eigenvalue weighted by Gasteiger charge is 2.16. The first-order valence-corrected chi connectivity index (χ1v) is 6.78. The molecule has 1 heterocycles. The molecule has 1 aliphatic rings. The SMILES string of the molecule is CCN(CCCO)C(=O)c1ccc2c(c1)NCCN2. The number of hydrogen-bond donors (Lipinski definition) is 3. The summed E-state index contributed by atoms with van der Waals surface area (Å²) in [6.07, 6.45) is 0.615. The van der Waals surface area contributed by atoms with Crippen molar-refractivity contribution in [3.05, 3.63) is 23.8 Å². The molecule has 0 aromatic heterocycles. The Hall–Kier alpha value is -1.75. The second-order valence-corrected chi connectivity index (χ2v) is 4.58. The number of hydrogen-bond acceptors (Lipinski definition) is 4. The predicted octanol–water partition coefficient (Wildman–Crippen LogP) is 1.37. The largest absolute Gasteiger partial charge is 0.396 e. The fraction of sp³-hybridized carbons (Fsp3) is 0.500. The third-order valence-corrected chi connectivity index (χ3v) is 3.28. The van der Waals surface area contributed by atoms with Gasteiger partial charge in [0, 0.05) is 38.3 Å². The predicted molar refractivity (Wildman–Crippen MR) is 76.7 cm³/mol. The van der Waals surface area contributed by atoms with Crippen LogP contribution in [0.3, 0.4) is 0 Å². The van der Waals surface area contributed by atoms with Gasteiger partial charge >= 0.3 is 0 Å². The minimum atomic E-state index is 0.0196. The summed E-state index contributed by atoms with van der Waals surface area (Å²) in [5, 5.41) is 15.4. The van der Waals surface area contributed by atoms with Crippen LogP contribution in [0.4, 0.5) is 11.4 Å². The molecular weight excluding hydrogens is 242 g/mol. The van der Waals surface area contributed by atoms with Crippen LogP contribution in [0.5, 0.6) is 0 Å². The first kappa shape index (κ1) is 13.7. The Labute approximate surface area is 113 Å². The van der Waals surface area contributed by atoms with Crippen LogP contribution in [-0.4, -0.2) is 48.7 Å². The third kappa shape index (κ3) is 3.17. The molecule has 0 unspecified atom stereocenters. The van der Waals surface area contributed by atoms with Crippen molar-refractivity contribution in [1.29, 1.82) is 0 Å². The standard InChI is InChI=1S/C14H21N3O2/c1-2-17(8-3-9-18)14(19)11-4-5-12-13(10-11)16-7-6-15-12/h4-5,10,15-16,18H,2-3,6-9H2,1H3. The number of rotatable bonds is 5. The van der Waals surface area contributed by atoms with E-state index in [0.29, 0.717) is 25.1 Å². The summed E-state index contributed by atoms with van der Waals surface area (Å²) in [6, 6.07) is 5.68. The number of carbonyl (C=O) groups is 1. The Morgan fingerprint density at radius 2 is 2.05 bits per heavy atom. The Bertz CT molecular complexity index is 448. The third-order valence-electron chi connectivity index (χ3n) is 3.28. The summed E-state index contributed by atoms with van der Waals surface area (Å²) in [4.78, 5) is 14.1. The molecular formula is C14H21N3O2. The monoisotopic (exact) mass is 263 g/mol. The van der Waals surface area contributed by atoms with Crippen molar-refractivity contribution in [2.75, 3.05) is 43.4 Å². The van der Waals surface area contributed by atoms with Crippen LogP contribution in [0.1, 0.15) is 23.7 Å². The Balaban J connectivity index is 2.13. The molecule has 0 spiro atoms. The number of aliphatic hydroxyl groups excluding tert-OH is 1. The number of carbonyl (C=O) groups excluding carboxylic acids is 1. The van der Waals surface area contributed by atoms with Crippen molar-refractivity contribution in [3.8, 4) is 0 Å². The zero-order valence-corrected chi connectivity index (χ0v) is 11.3. The number of amides is 1. The van der Waals surface area contributed by atoms with Crippen molar-refractivity contribution >= 4 is 17.3 Å². The van der Waals surface area contributed by atoms with Gasteiger partial charge in [-0.3, -0.25) is 4.79 Å². The highest BCUT2D eigenvalue weighted by Crippen LogP contribution is 2.25. The Morgan fingerprint density at radius 1 is 1.32 bits per heavy atom. The molecule has 0 atom stereocenters. The molecule has 5 nitrogen and oxygen atoms in total. The summed E-state index contributed by atoms with van der Waals surface area (Å²) in [5.74, 6) is 0.0196. The molecule has 104 valence electrons. The number of fused-ring (bicyclic) bond motifs is 1. The van der Waals surface area contributed by atoms with E-state index in [1.807, 2.05) is 25.1 Å². The minimum absolute atomic E-state index is 0.0196. The zero-order chi connectivity index (χ0) is 13.7. The molecule has 3 N–H and O–H groups in total. The molecule has 0 bridgehead atoms. The topological polar surface area (TPSA) is 64.6 Å². The van der Waals surface area contributed by atoms with Gasteiger partial charge in [0.05, 0.1) is 11.4 Å². The van der Waals surface area contributed by atoms with Gasteiger partial charge in [-0.25, -0.2) is 0 Å². The highest BCUT2D eigenvalue weighted by molar-refractivity contribution is 5.96. The van der Waals surface area contributed by atoms with E-state index in [9.17, 15) is 4.79 Å². The molecule has 2 rings (SSSR count). The van der Waals surface area contributed by atoms with E-state index in [2.05, 4.69) is 10.6 Å². The zero-order valence-electron chi connectivity index (χ0n) is 11.3. The van der Waals surface area contributed by atoms with Crippen molar-refractivity contribution in [2.45, 2.75) is 13.3 Å². The molecule has 0 saturated carbocycles. The van der Waals surface area contributed by atoms with E-state index in [1.165, 1.54) is 0 Å². The van der Waals surface area contributed by atoms with Crippen molar-refractivity contribution in [2.24, 2.45) is 0 Å². The van der Waals surface area contributed by atoms with Gasteiger partial charge in [0.2, 0.25) is 0 Å². The second-order valence-electron chi connectivity index (χ2n) is 4.58. The molecule has 0 fully saturated rings.